The van der Waals surface area contributed by atoms with Crippen molar-refractivity contribution >= 4 is 17.5 Å². The minimum Gasteiger partial charge on any atom is -0.454 e. The number of nitrogens with one attached hydrogen (secondary N) is 1. The molecular formula is C16H18N4O4. The molecule has 126 valence electrons. The van der Waals surface area contributed by atoms with Crippen LogP contribution in [0.5, 0.6) is 11.5 Å². The summed E-state index contributed by atoms with van der Waals surface area (Å²) in [6.07, 6.45) is 0. The smallest absolute Gasteiger partial charge is 0.276 e. The molecular weight excluding hydrogens is 312 g/mol. The first-order chi connectivity index (χ1) is 11.4. The average Bonchev–Trinajstić information content (AvgIpc) is 3.13. The lowest BCUT2D eigenvalue weighted by molar-refractivity contribution is 0.0822. The molecule has 1 aliphatic heterocycles. The summed E-state index contributed by atoms with van der Waals surface area (Å²) in [4.78, 5) is 26.2. The predicted molar refractivity (Wildman–Crippen MR) is 86.5 cm³/mol. The molecule has 2 heterocycles. The van der Waals surface area contributed by atoms with E-state index in [1.165, 1.54) is 4.90 Å². The van der Waals surface area contributed by atoms with Crippen LogP contribution in [0.3, 0.4) is 0 Å². The topological polar surface area (TPSA) is 85.7 Å². The summed E-state index contributed by atoms with van der Waals surface area (Å²) < 4.78 is 12.1. The lowest BCUT2D eigenvalue weighted by Gasteiger charge is -2.11. The van der Waals surface area contributed by atoms with Crippen molar-refractivity contribution in [3.63, 3.8) is 0 Å². The number of hydrogen-bond donors (Lipinski definition) is 1. The fourth-order valence-electron chi connectivity index (χ4n) is 2.34. The molecule has 0 saturated carbocycles. The minimum atomic E-state index is -0.350. The lowest BCUT2D eigenvalue weighted by Crippen LogP contribution is -2.24. The SMILES string of the molecule is Cc1c(NC(=O)c2ccc3c(c2)OCO3)c(C(=O)N(C)C)nn1C. The summed E-state index contributed by atoms with van der Waals surface area (Å²) in [6.45, 7) is 1.93. The van der Waals surface area contributed by atoms with E-state index in [-0.39, 0.29) is 24.3 Å². The van der Waals surface area contributed by atoms with Gasteiger partial charge in [0, 0.05) is 26.7 Å². The maximum Gasteiger partial charge on any atom is 0.276 e. The molecule has 1 N–H and O–H groups in total. The summed E-state index contributed by atoms with van der Waals surface area (Å²) in [5.41, 5.74) is 1.70. The molecule has 8 heteroatoms. The van der Waals surface area contributed by atoms with Crippen molar-refractivity contribution in [1.82, 2.24) is 14.7 Å². The Morgan fingerprint density at radius 1 is 1.25 bits per heavy atom. The second kappa shape index (κ2) is 5.88. The van der Waals surface area contributed by atoms with E-state index >= 15 is 0 Å². The molecule has 0 spiro atoms. The molecule has 8 nitrogen and oxygen atoms in total. The van der Waals surface area contributed by atoms with Crippen molar-refractivity contribution in [2.24, 2.45) is 7.05 Å². The summed E-state index contributed by atoms with van der Waals surface area (Å²) in [5, 5.41) is 6.98. The van der Waals surface area contributed by atoms with E-state index in [4.69, 9.17) is 9.47 Å². The third-order valence-electron chi connectivity index (χ3n) is 3.82. The van der Waals surface area contributed by atoms with Crippen LogP contribution in [0.1, 0.15) is 26.5 Å². The molecule has 1 aromatic heterocycles. The van der Waals surface area contributed by atoms with Crippen LogP contribution in [0.15, 0.2) is 18.2 Å². The van der Waals surface area contributed by atoms with Gasteiger partial charge in [-0.25, -0.2) is 0 Å². The van der Waals surface area contributed by atoms with Gasteiger partial charge in [0.1, 0.15) is 0 Å². The highest BCUT2D eigenvalue weighted by atomic mass is 16.7. The van der Waals surface area contributed by atoms with Gasteiger partial charge in [-0.1, -0.05) is 0 Å². The molecule has 0 bridgehead atoms. The van der Waals surface area contributed by atoms with Gasteiger partial charge in [0.2, 0.25) is 6.79 Å². The van der Waals surface area contributed by atoms with Crippen LogP contribution in [0.2, 0.25) is 0 Å². The first-order valence-electron chi connectivity index (χ1n) is 7.34. The predicted octanol–water partition coefficient (Wildman–Crippen LogP) is 1.41. The summed E-state index contributed by atoms with van der Waals surface area (Å²) in [7, 11) is 4.99. The van der Waals surface area contributed by atoms with E-state index < -0.39 is 0 Å². The van der Waals surface area contributed by atoms with Crippen LogP contribution in [0.25, 0.3) is 0 Å². The highest BCUT2D eigenvalue weighted by molar-refractivity contribution is 6.09. The van der Waals surface area contributed by atoms with Gasteiger partial charge in [0.05, 0.1) is 11.4 Å². The van der Waals surface area contributed by atoms with Crippen LogP contribution in [-0.2, 0) is 7.05 Å². The fraction of sp³-hybridized carbons (Fsp3) is 0.312. The van der Waals surface area contributed by atoms with E-state index in [2.05, 4.69) is 10.4 Å². The third-order valence-corrected chi connectivity index (χ3v) is 3.82. The van der Waals surface area contributed by atoms with Gasteiger partial charge in [-0.3, -0.25) is 14.3 Å². The Balaban J connectivity index is 1.91. The molecule has 1 aromatic carbocycles. The van der Waals surface area contributed by atoms with Crippen LogP contribution in [0, 0.1) is 6.92 Å². The van der Waals surface area contributed by atoms with Crippen molar-refractivity contribution in [2.75, 3.05) is 26.2 Å². The number of aromatic nitrogens is 2. The molecule has 0 fully saturated rings. The largest absolute Gasteiger partial charge is 0.454 e. The van der Waals surface area contributed by atoms with Gasteiger partial charge in [-0.05, 0) is 25.1 Å². The van der Waals surface area contributed by atoms with Gasteiger partial charge in [-0.2, -0.15) is 5.10 Å². The zero-order chi connectivity index (χ0) is 17.4. The standard InChI is InChI=1S/C16H18N4O4/c1-9-13(14(18-20(9)4)16(22)19(2)3)17-15(21)10-5-6-11-12(7-10)24-8-23-11/h5-7H,8H2,1-4H3,(H,17,21). The van der Waals surface area contributed by atoms with Gasteiger partial charge >= 0.3 is 0 Å². The fourth-order valence-corrected chi connectivity index (χ4v) is 2.34. The highest BCUT2D eigenvalue weighted by Crippen LogP contribution is 2.33. The van der Waals surface area contributed by atoms with Gasteiger partial charge < -0.3 is 19.7 Å². The quantitative estimate of drug-likeness (QED) is 0.920. The molecule has 24 heavy (non-hydrogen) atoms. The van der Waals surface area contributed by atoms with E-state index in [0.29, 0.717) is 28.4 Å². The van der Waals surface area contributed by atoms with Crippen LogP contribution in [-0.4, -0.2) is 47.4 Å². The summed E-state index contributed by atoms with van der Waals surface area (Å²) >= 11 is 0. The Bertz CT molecular complexity index is 826. The molecule has 0 unspecified atom stereocenters. The molecule has 2 aromatic rings. The van der Waals surface area contributed by atoms with Crippen LogP contribution < -0.4 is 14.8 Å². The first kappa shape index (κ1) is 15.9. The Morgan fingerprint density at radius 3 is 2.67 bits per heavy atom. The number of fused-ring (bicyclic) bond motifs is 1. The van der Waals surface area contributed by atoms with E-state index in [0.717, 1.165) is 0 Å². The van der Waals surface area contributed by atoms with E-state index in [1.54, 1.807) is 50.9 Å². The number of nitrogens with zero attached hydrogens (tertiary/aromatic N) is 3. The Morgan fingerprint density at radius 2 is 1.96 bits per heavy atom. The van der Waals surface area contributed by atoms with Crippen LogP contribution in [0.4, 0.5) is 5.69 Å². The van der Waals surface area contributed by atoms with E-state index in [9.17, 15) is 9.59 Å². The summed E-state index contributed by atoms with van der Waals surface area (Å²) in [5.74, 6) is 0.500. The second-order valence-corrected chi connectivity index (χ2v) is 5.65. The van der Waals surface area contributed by atoms with Crippen molar-refractivity contribution < 1.29 is 19.1 Å². The highest BCUT2D eigenvalue weighted by Gasteiger charge is 2.24. The average molecular weight is 330 g/mol. The molecule has 0 aliphatic carbocycles. The number of aryl methyl sites for hydroxylation is 1. The molecule has 2 amide bonds. The van der Waals surface area contributed by atoms with Gasteiger partial charge in [-0.15, -0.1) is 0 Å². The number of carbonyl (C=O) groups excluding carboxylic acids is 2. The number of hydrogen-bond acceptors (Lipinski definition) is 5. The number of amides is 2. The van der Waals surface area contributed by atoms with E-state index in [1.807, 2.05) is 0 Å². The van der Waals surface area contributed by atoms with Gasteiger partial charge in [0.15, 0.2) is 17.2 Å². The number of rotatable bonds is 3. The maximum atomic E-state index is 12.6. The minimum absolute atomic E-state index is 0.142. The molecule has 0 saturated heterocycles. The number of ether oxygens (including phenoxy) is 2. The normalized spacial score (nSPS) is 12.2. The molecule has 3 rings (SSSR count). The lowest BCUT2D eigenvalue weighted by atomic mass is 10.1. The van der Waals surface area contributed by atoms with Crippen molar-refractivity contribution in [1.29, 1.82) is 0 Å². The Kier molecular flexibility index (Phi) is 3.88. The molecule has 0 radical (unpaired) electrons. The molecule has 1 aliphatic rings. The summed E-state index contributed by atoms with van der Waals surface area (Å²) in [6, 6.07) is 4.93. The Hall–Kier alpha value is -3.03. The number of anilines is 1. The number of benzene rings is 1. The zero-order valence-corrected chi connectivity index (χ0v) is 13.9. The number of carbonyl (C=O) groups is 2. The maximum absolute atomic E-state index is 12.6. The molecule has 0 atom stereocenters. The van der Waals surface area contributed by atoms with Gasteiger partial charge in [0.25, 0.3) is 11.8 Å². The monoisotopic (exact) mass is 330 g/mol. The third kappa shape index (κ3) is 2.66. The second-order valence-electron chi connectivity index (χ2n) is 5.65. The van der Waals surface area contributed by atoms with Crippen molar-refractivity contribution in [3.8, 4) is 11.5 Å². The first-order valence-corrected chi connectivity index (χ1v) is 7.34. The van der Waals surface area contributed by atoms with Crippen molar-refractivity contribution in [3.05, 3.63) is 35.2 Å². The van der Waals surface area contributed by atoms with Crippen molar-refractivity contribution in [2.45, 2.75) is 6.92 Å². The Labute approximate surface area is 139 Å². The zero-order valence-electron chi connectivity index (χ0n) is 13.9. The van der Waals surface area contributed by atoms with Crippen LogP contribution >= 0.6 is 0 Å².